The van der Waals surface area contributed by atoms with E-state index in [1.54, 1.807) is 12.1 Å². The molecular formula is C8H10O4S. The average Bonchev–Trinajstić information content (AvgIpc) is 2.03. The lowest BCUT2D eigenvalue weighted by Gasteiger charge is -2.01. The first kappa shape index (κ1) is 10.0. The highest BCUT2D eigenvalue weighted by Crippen LogP contribution is 2.13. The Morgan fingerprint density at radius 1 is 1.31 bits per heavy atom. The van der Waals surface area contributed by atoms with Crippen molar-refractivity contribution in [2.24, 2.45) is 0 Å². The van der Waals surface area contributed by atoms with Gasteiger partial charge in [0.15, 0.2) is 0 Å². The lowest BCUT2D eigenvalue weighted by Crippen LogP contribution is -2.06. The van der Waals surface area contributed by atoms with E-state index in [-0.39, 0.29) is 5.75 Å². The molecular weight excluding hydrogens is 192 g/mol. The van der Waals surface area contributed by atoms with E-state index in [4.69, 9.17) is 4.55 Å². The monoisotopic (exact) mass is 202 g/mol. The van der Waals surface area contributed by atoms with E-state index in [2.05, 4.69) is 4.18 Å². The van der Waals surface area contributed by atoms with Gasteiger partial charge in [-0.15, -0.1) is 0 Å². The molecule has 0 unspecified atom stereocenters. The molecule has 0 saturated carbocycles. The minimum absolute atomic E-state index is 0.111. The molecule has 5 heteroatoms. The SMILES string of the molecule is CCc1ccc(OS(=O)(=O)O)cc1. The summed E-state index contributed by atoms with van der Waals surface area (Å²) in [5, 5.41) is 0. The van der Waals surface area contributed by atoms with Crippen LogP contribution >= 0.6 is 0 Å². The number of aryl methyl sites for hydroxylation is 1. The zero-order valence-electron chi connectivity index (χ0n) is 7.10. The van der Waals surface area contributed by atoms with Gasteiger partial charge in [0.25, 0.3) is 0 Å². The van der Waals surface area contributed by atoms with E-state index in [1.165, 1.54) is 12.1 Å². The molecule has 0 aliphatic heterocycles. The molecule has 0 amide bonds. The molecule has 0 aliphatic rings. The van der Waals surface area contributed by atoms with Gasteiger partial charge < -0.3 is 4.18 Å². The fourth-order valence-corrected chi connectivity index (χ4v) is 1.26. The van der Waals surface area contributed by atoms with Gasteiger partial charge in [0.2, 0.25) is 0 Å². The number of rotatable bonds is 3. The van der Waals surface area contributed by atoms with Gasteiger partial charge in [0.05, 0.1) is 0 Å². The summed E-state index contributed by atoms with van der Waals surface area (Å²) >= 11 is 0. The molecule has 0 radical (unpaired) electrons. The minimum atomic E-state index is -4.40. The van der Waals surface area contributed by atoms with E-state index >= 15 is 0 Å². The van der Waals surface area contributed by atoms with E-state index in [1.807, 2.05) is 6.92 Å². The maximum atomic E-state index is 10.3. The van der Waals surface area contributed by atoms with Gasteiger partial charge in [-0.2, -0.15) is 8.42 Å². The topological polar surface area (TPSA) is 63.6 Å². The van der Waals surface area contributed by atoms with E-state index in [9.17, 15) is 8.42 Å². The summed E-state index contributed by atoms with van der Waals surface area (Å²) in [5.41, 5.74) is 1.07. The van der Waals surface area contributed by atoms with E-state index in [0.29, 0.717) is 0 Å². The van der Waals surface area contributed by atoms with E-state index < -0.39 is 10.4 Å². The Bertz CT molecular complexity index is 366. The lowest BCUT2D eigenvalue weighted by atomic mass is 10.2. The van der Waals surface area contributed by atoms with Crippen LogP contribution in [0.25, 0.3) is 0 Å². The minimum Gasteiger partial charge on any atom is -0.362 e. The molecule has 13 heavy (non-hydrogen) atoms. The molecule has 0 heterocycles. The normalized spacial score (nSPS) is 11.2. The predicted octanol–water partition coefficient (Wildman–Crippen LogP) is 1.43. The highest BCUT2D eigenvalue weighted by molar-refractivity contribution is 7.81. The summed E-state index contributed by atoms with van der Waals surface area (Å²) in [7, 11) is -4.40. The summed E-state index contributed by atoms with van der Waals surface area (Å²) in [6, 6.07) is 6.46. The Kier molecular flexibility index (Phi) is 2.90. The van der Waals surface area contributed by atoms with Crippen LogP contribution < -0.4 is 4.18 Å². The number of benzene rings is 1. The Morgan fingerprint density at radius 2 is 1.85 bits per heavy atom. The van der Waals surface area contributed by atoms with Crippen molar-refractivity contribution in [1.29, 1.82) is 0 Å². The summed E-state index contributed by atoms with van der Waals surface area (Å²) < 4.78 is 33.2. The third-order valence-electron chi connectivity index (χ3n) is 1.53. The van der Waals surface area contributed by atoms with Crippen molar-refractivity contribution in [2.75, 3.05) is 0 Å². The Hall–Kier alpha value is -1.07. The third kappa shape index (κ3) is 3.43. The van der Waals surface area contributed by atoms with Crippen molar-refractivity contribution in [3.05, 3.63) is 29.8 Å². The van der Waals surface area contributed by atoms with Crippen LogP contribution in [-0.4, -0.2) is 13.0 Å². The molecule has 72 valence electrons. The van der Waals surface area contributed by atoms with Gasteiger partial charge in [-0.3, -0.25) is 4.55 Å². The highest BCUT2D eigenvalue weighted by Gasteiger charge is 2.05. The van der Waals surface area contributed by atoms with Crippen LogP contribution in [0, 0.1) is 0 Å². The molecule has 0 saturated heterocycles. The number of hydrogen-bond donors (Lipinski definition) is 1. The van der Waals surface area contributed by atoms with Crippen molar-refractivity contribution in [2.45, 2.75) is 13.3 Å². The second-order valence-electron chi connectivity index (χ2n) is 2.51. The molecule has 0 bridgehead atoms. The van der Waals surface area contributed by atoms with Crippen LogP contribution in [0.15, 0.2) is 24.3 Å². The second kappa shape index (κ2) is 3.76. The van der Waals surface area contributed by atoms with Crippen molar-refractivity contribution >= 4 is 10.4 Å². The zero-order chi connectivity index (χ0) is 9.90. The molecule has 0 fully saturated rings. The van der Waals surface area contributed by atoms with Gasteiger partial charge in [0.1, 0.15) is 5.75 Å². The van der Waals surface area contributed by atoms with Crippen LogP contribution in [0.3, 0.4) is 0 Å². The molecule has 0 spiro atoms. The van der Waals surface area contributed by atoms with Crippen LogP contribution in [-0.2, 0) is 16.8 Å². The van der Waals surface area contributed by atoms with Gasteiger partial charge in [-0.25, -0.2) is 0 Å². The van der Waals surface area contributed by atoms with E-state index in [0.717, 1.165) is 12.0 Å². The smallest absolute Gasteiger partial charge is 0.362 e. The third-order valence-corrected chi connectivity index (χ3v) is 1.94. The van der Waals surface area contributed by atoms with Gasteiger partial charge in [-0.1, -0.05) is 19.1 Å². The molecule has 1 rings (SSSR count). The molecule has 1 aromatic carbocycles. The quantitative estimate of drug-likeness (QED) is 0.753. The Balaban J connectivity index is 2.81. The zero-order valence-corrected chi connectivity index (χ0v) is 7.91. The summed E-state index contributed by atoms with van der Waals surface area (Å²) in [4.78, 5) is 0. The molecule has 4 nitrogen and oxygen atoms in total. The van der Waals surface area contributed by atoms with Crippen LogP contribution in [0.1, 0.15) is 12.5 Å². The van der Waals surface area contributed by atoms with Crippen molar-refractivity contribution < 1.29 is 17.2 Å². The van der Waals surface area contributed by atoms with Crippen LogP contribution in [0.4, 0.5) is 0 Å². The molecule has 0 aromatic heterocycles. The first-order valence-electron chi connectivity index (χ1n) is 3.77. The second-order valence-corrected chi connectivity index (χ2v) is 3.53. The molecule has 0 aliphatic carbocycles. The van der Waals surface area contributed by atoms with Gasteiger partial charge >= 0.3 is 10.4 Å². The van der Waals surface area contributed by atoms with Crippen molar-refractivity contribution in [3.63, 3.8) is 0 Å². The van der Waals surface area contributed by atoms with Crippen molar-refractivity contribution in [3.8, 4) is 5.75 Å². The standard InChI is InChI=1S/C8H10O4S/c1-2-7-3-5-8(6-4-7)12-13(9,10)11/h3-6H,2H2,1H3,(H,9,10,11). The fourth-order valence-electron chi connectivity index (χ4n) is 0.902. The first-order chi connectivity index (χ1) is 6.01. The summed E-state index contributed by atoms with van der Waals surface area (Å²) in [6.07, 6.45) is 0.867. The summed E-state index contributed by atoms with van der Waals surface area (Å²) in [6.45, 7) is 1.98. The molecule has 0 atom stereocenters. The first-order valence-corrected chi connectivity index (χ1v) is 5.13. The molecule has 1 aromatic rings. The summed E-state index contributed by atoms with van der Waals surface area (Å²) in [5.74, 6) is 0.111. The lowest BCUT2D eigenvalue weighted by molar-refractivity contribution is 0.387. The van der Waals surface area contributed by atoms with Crippen molar-refractivity contribution in [1.82, 2.24) is 0 Å². The van der Waals surface area contributed by atoms with Gasteiger partial charge in [-0.05, 0) is 24.1 Å². The highest BCUT2D eigenvalue weighted by atomic mass is 32.3. The maximum absolute atomic E-state index is 10.3. The largest absolute Gasteiger partial charge is 0.446 e. The number of hydrogen-bond acceptors (Lipinski definition) is 3. The molecule has 1 N–H and O–H groups in total. The Labute approximate surface area is 77.1 Å². The fraction of sp³-hybridized carbons (Fsp3) is 0.250. The van der Waals surface area contributed by atoms with Crippen LogP contribution in [0.2, 0.25) is 0 Å². The van der Waals surface area contributed by atoms with Gasteiger partial charge in [0, 0.05) is 0 Å². The van der Waals surface area contributed by atoms with Crippen LogP contribution in [0.5, 0.6) is 5.75 Å². The maximum Gasteiger partial charge on any atom is 0.446 e. The predicted molar refractivity (Wildman–Crippen MR) is 48.0 cm³/mol. The average molecular weight is 202 g/mol. The Morgan fingerprint density at radius 3 is 2.23 bits per heavy atom.